The highest BCUT2D eigenvalue weighted by molar-refractivity contribution is 14.1. The number of benzene rings is 2. The second-order valence-corrected chi connectivity index (χ2v) is 6.70. The first-order valence-electron chi connectivity index (χ1n) is 7.34. The third kappa shape index (κ3) is 3.79. The Morgan fingerprint density at radius 1 is 1.00 bits per heavy atom. The topological polar surface area (TPSA) is 12.0 Å². The molecule has 0 amide bonds. The molecule has 2 aromatic carbocycles. The molecule has 0 aromatic heterocycles. The molecule has 112 valence electrons. The average Bonchev–Trinajstić information content (AvgIpc) is 2.51. The van der Waals surface area contributed by atoms with Crippen molar-refractivity contribution in [1.82, 2.24) is 5.32 Å². The molecule has 0 heterocycles. The van der Waals surface area contributed by atoms with Crippen LogP contribution in [0.5, 0.6) is 0 Å². The lowest BCUT2D eigenvalue weighted by Crippen LogP contribution is -2.18. The number of hydrogen-bond donors (Lipinski definition) is 1. The number of hydrogen-bond acceptors (Lipinski definition) is 1. The average molecular weight is 414 g/mol. The zero-order valence-electron chi connectivity index (χ0n) is 12.7. The maximum Gasteiger partial charge on any atom is 0.0574 e. The number of nitrogens with one attached hydrogen (secondary N) is 1. The molecule has 1 nitrogen and oxygen atoms in total. The molecule has 21 heavy (non-hydrogen) atoms. The number of aryl methyl sites for hydroxylation is 2. The minimum atomic E-state index is 0.177. The van der Waals surface area contributed by atoms with Crippen molar-refractivity contribution in [3.63, 3.8) is 0 Å². The Morgan fingerprint density at radius 2 is 1.62 bits per heavy atom. The van der Waals surface area contributed by atoms with Gasteiger partial charge < -0.3 is 5.32 Å². The molecular weight excluding hydrogens is 393 g/mol. The Bertz CT molecular complexity index is 625. The highest BCUT2D eigenvalue weighted by Gasteiger charge is 2.14. The molecule has 0 saturated heterocycles. The minimum Gasteiger partial charge on any atom is -0.309 e. The lowest BCUT2D eigenvalue weighted by atomic mass is 9.93. The van der Waals surface area contributed by atoms with E-state index in [0.29, 0.717) is 0 Å². The predicted octanol–water partition coefficient (Wildman–Crippen LogP) is 5.38. The van der Waals surface area contributed by atoms with E-state index in [1.807, 2.05) is 7.05 Å². The van der Waals surface area contributed by atoms with Crippen LogP contribution in [0.25, 0.3) is 0 Å². The minimum absolute atomic E-state index is 0.177. The zero-order chi connectivity index (χ0) is 15.4. The second kappa shape index (κ2) is 7.61. The Balaban J connectivity index is 2.43. The van der Waals surface area contributed by atoms with Crippen molar-refractivity contribution < 1.29 is 0 Å². The molecular formula is C18H21ClIN. The molecule has 0 spiro atoms. The molecule has 2 aromatic rings. The molecule has 0 radical (unpaired) electrons. The summed E-state index contributed by atoms with van der Waals surface area (Å²) in [7, 11) is 2.00. The van der Waals surface area contributed by atoms with Crippen LogP contribution in [0.3, 0.4) is 0 Å². The second-order valence-electron chi connectivity index (χ2n) is 5.13. The fourth-order valence-electron chi connectivity index (χ4n) is 2.72. The van der Waals surface area contributed by atoms with Crippen LogP contribution in [-0.4, -0.2) is 7.05 Å². The molecule has 0 saturated carbocycles. The SMILES string of the molecule is CCc1ccc(C(NC)c2ccc(I)c(Cl)c2)cc1CC. The molecule has 1 unspecified atom stereocenters. The third-order valence-corrected chi connectivity index (χ3v) is 5.46. The maximum atomic E-state index is 6.27. The van der Waals surface area contributed by atoms with Gasteiger partial charge in [0.2, 0.25) is 0 Å². The van der Waals surface area contributed by atoms with E-state index < -0.39 is 0 Å². The monoisotopic (exact) mass is 413 g/mol. The molecule has 0 fully saturated rings. The van der Waals surface area contributed by atoms with Crippen LogP contribution in [0.15, 0.2) is 36.4 Å². The van der Waals surface area contributed by atoms with Crippen LogP contribution >= 0.6 is 34.2 Å². The standard InChI is InChI=1S/C18H21ClIN/c1-4-12-6-7-14(10-13(12)5-2)18(21-3)15-8-9-17(20)16(19)11-15/h6-11,18,21H,4-5H2,1-3H3. The summed E-state index contributed by atoms with van der Waals surface area (Å²) in [6.45, 7) is 4.43. The lowest BCUT2D eigenvalue weighted by molar-refractivity contribution is 0.690. The van der Waals surface area contributed by atoms with Gasteiger partial charge in [0.05, 0.1) is 11.1 Å². The van der Waals surface area contributed by atoms with Crippen molar-refractivity contribution in [2.45, 2.75) is 32.7 Å². The van der Waals surface area contributed by atoms with Crippen molar-refractivity contribution in [1.29, 1.82) is 0 Å². The molecule has 2 rings (SSSR count). The van der Waals surface area contributed by atoms with Gasteiger partial charge in [-0.3, -0.25) is 0 Å². The summed E-state index contributed by atoms with van der Waals surface area (Å²) >= 11 is 8.53. The van der Waals surface area contributed by atoms with E-state index in [2.05, 4.69) is 78.2 Å². The van der Waals surface area contributed by atoms with Gasteiger partial charge in [0.15, 0.2) is 0 Å². The summed E-state index contributed by atoms with van der Waals surface area (Å²) in [6.07, 6.45) is 2.16. The van der Waals surface area contributed by atoms with Crippen LogP contribution in [0.4, 0.5) is 0 Å². The van der Waals surface area contributed by atoms with Crippen LogP contribution in [0, 0.1) is 3.57 Å². The lowest BCUT2D eigenvalue weighted by Gasteiger charge is -2.20. The molecule has 0 aliphatic rings. The third-order valence-electron chi connectivity index (χ3n) is 3.89. The maximum absolute atomic E-state index is 6.27. The summed E-state index contributed by atoms with van der Waals surface area (Å²) in [5, 5.41) is 4.22. The molecule has 3 heteroatoms. The summed E-state index contributed by atoms with van der Waals surface area (Å²) in [5.41, 5.74) is 5.38. The first kappa shape index (κ1) is 16.8. The van der Waals surface area contributed by atoms with E-state index in [0.717, 1.165) is 21.4 Å². The molecule has 0 aliphatic carbocycles. The van der Waals surface area contributed by atoms with Gasteiger partial charge in [-0.25, -0.2) is 0 Å². The summed E-state index contributed by atoms with van der Waals surface area (Å²) in [4.78, 5) is 0. The van der Waals surface area contributed by atoms with Crippen LogP contribution in [-0.2, 0) is 12.8 Å². The summed E-state index contributed by atoms with van der Waals surface area (Å²) < 4.78 is 1.09. The van der Waals surface area contributed by atoms with Crippen LogP contribution < -0.4 is 5.32 Å². The normalized spacial score (nSPS) is 12.4. The van der Waals surface area contributed by atoms with Crippen molar-refractivity contribution in [3.05, 3.63) is 67.2 Å². The van der Waals surface area contributed by atoms with Crippen molar-refractivity contribution in [3.8, 4) is 0 Å². The van der Waals surface area contributed by atoms with Gasteiger partial charge in [-0.05, 0) is 76.9 Å². The van der Waals surface area contributed by atoms with Gasteiger partial charge in [0, 0.05) is 3.57 Å². The van der Waals surface area contributed by atoms with E-state index in [1.54, 1.807) is 0 Å². The largest absolute Gasteiger partial charge is 0.309 e. The number of halogens is 2. The van der Waals surface area contributed by atoms with Gasteiger partial charge in [0.1, 0.15) is 0 Å². The van der Waals surface area contributed by atoms with E-state index in [1.165, 1.54) is 22.3 Å². The summed E-state index contributed by atoms with van der Waals surface area (Å²) in [5.74, 6) is 0. The highest BCUT2D eigenvalue weighted by atomic mass is 127. The van der Waals surface area contributed by atoms with E-state index in [-0.39, 0.29) is 6.04 Å². The van der Waals surface area contributed by atoms with Crippen LogP contribution in [0.2, 0.25) is 5.02 Å². The van der Waals surface area contributed by atoms with E-state index in [4.69, 9.17) is 11.6 Å². The van der Waals surface area contributed by atoms with Crippen LogP contribution in [0.1, 0.15) is 42.1 Å². The van der Waals surface area contributed by atoms with E-state index in [9.17, 15) is 0 Å². The Morgan fingerprint density at radius 3 is 2.19 bits per heavy atom. The van der Waals surface area contributed by atoms with Gasteiger partial charge in [-0.1, -0.05) is 49.7 Å². The number of rotatable bonds is 5. The van der Waals surface area contributed by atoms with Crippen molar-refractivity contribution in [2.75, 3.05) is 7.05 Å². The molecule has 0 aliphatic heterocycles. The predicted molar refractivity (Wildman–Crippen MR) is 100 cm³/mol. The van der Waals surface area contributed by atoms with Gasteiger partial charge in [-0.15, -0.1) is 0 Å². The smallest absolute Gasteiger partial charge is 0.0574 e. The molecule has 1 N–H and O–H groups in total. The molecule has 0 bridgehead atoms. The zero-order valence-corrected chi connectivity index (χ0v) is 15.6. The Hall–Kier alpha value is -0.580. The first-order chi connectivity index (χ1) is 10.1. The van der Waals surface area contributed by atoms with Gasteiger partial charge in [0.25, 0.3) is 0 Å². The van der Waals surface area contributed by atoms with Crippen molar-refractivity contribution in [2.24, 2.45) is 0 Å². The van der Waals surface area contributed by atoms with Crippen molar-refractivity contribution >= 4 is 34.2 Å². The van der Waals surface area contributed by atoms with Gasteiger partial charge >= 0.3 is 0 Å². The summed E-state index contributed by atoms with van der Waals surface area (Å²) in [6, 6.07) is 13.3. The Labute approximate surface area is 146 Å². The highest BCUT2D eigenvalue weighted by Crippen LogP contribution is 2.28. The Kier molecular flexibility index (Phi) is 6.08. The first-order valence-corrected chi connectivity index (χ1v) is 8.80. The fraction of sp³-hybridized carbons (Fsp3) is 0.333. The fourth-order valence-corrected chi connectivity index (χ4v) is 3.24. The van der Waals surface area contributed by atoms with E-state index >= 15 is 0 Å². The quantitative estimate of drug-likeness (QED) is 0.649. The molecule has 1 atom stereocenters. The van der Waals surface area contributed by atoms with Gasteiger partial charge in [-0.2, -0.15) is 0 Å².